The van der Waals surface area contributed by atoms with E-state index in [1.54, 1.807) is 22.8 Å². The number of fused-ring (bicyclic) bond motifs is 3. The molecule has 2 aromatic heterocycles. The average molecular weight is 453 g/mol. The van der Waals surface area contributed by atoms with Crippen molar-refractivity contribution in [3.05, 3.63) is 104 Å². The van der Waals surface area contributed by atoms with Crippen LogP contribution in [-0.2, 0) is 6.54 Å². The Morgan fingerprint density at radius 2 is 1.67 bits per heavy atom. The zero-order valence-corrected chi connectivity index (χ0v) is 17.9. The van der Waals surface area contributed by atoms with Gasteiger partial charge in [-0.15, -0.1) is 11.3 Å². The van der Waals surface area contributed by atoms with Crippen molar-refractivity contribution in [2.75, 3.05) is 0 Å². The molecule has 0 unspecified atom stereocenters. The minimum absolute atomic E-state index is 0.113. The van der Waals surface area contributed by atoms with Gasteiger partial charge < -0.3 is 0 Å². The molecule has 3 aromatic carbocycles. The Labute approximate surface area is 185 Å². The second kappa shape index (κ2) is 7.47. The van der Waals surface area contributed by atoms with Gasteiger partial charge in [0, 0.05) is 5.02 Å². The molecule has 5 aromatic rings. The van der Waals surface area contributed by atoms with E-state index in [2.05, 4.69) is 0 Å². The van der Waals surface area contributed by atoms with Crippen LogP contribution in [0.15, 0.2) is 77.6 Å². The van der Waals surface area contributed by atoms with Crippen LogP contribution in [0.2, 0.25) is 5.02 Å². The Kier molecular flexibility index (Phi) is 4.77. The lowest BCUT2D eigenvalue weighted by Gasteiger charge is -2.13. The highest BCUT2D eigenvalue weighted by Gasteiger charge is 2.18. The molecule has 0 spiro atoms. The lowest BCUT2D eigenvalue weighted by Crippen LogP contribution is -2.23. The molecule has 0 bridgehead atoms. The molecule has 0 N–H and O–H groups in total. The fourth-order valence-corrected chi connectivity index (χ4v) is 5.18. The molecule has 0 atom stereocenters. The molecule has 0 amide bonds. The third-order valence-electron chi connectivity index (χ3n) is 5.02. The molecule has 0 aliphatic rings. The van der Waals surface area contributed by atoms with Gasteiger partial charge in [-0.25, -0.2) is 4.39 Å². The van der Waals surface area contributed by atoms with Gasteiger partial charge >= 0.3 is 0 Å². The molecule has 0 aliphatic heterocycles. The van der Waals surface area contributed by atoms with Crippen molar-refractivity contribution in [2.45, 2.75) is 6.54 Å². The van der Waals surface area contributed by atoms with Crippen LogP contribution >= 0.6 is 35.2 Å². The van der Waals surface area contributed by atoms with E-state index in [0.29, 0.717) is 20.9 Å². The Balaban J connectivity index is 1.89. The first-order chi connectivity index (χ1) is 14.5. The minimum Gasteiger partial charge on any atom is -0.288 e. The normalized spacial score (nSPS) is 11.4. The second-order valence-electron chi connectivity index (χ2n) is 6.90. The van der Waals surface area contributed by atoms with Gasteiger partial charge in [-0.05, 0) is 59.7 Å². The van der Waals surface area contributed by atoms with Gasteiger partial charge in [0.05, 0.1) is 22.3 Å². The number of thiazole rings is 1. The lowest BCUT2D eigenvalue weighted by molar-refractivity contribution is 0.626. The van der Waals surface area contributed by atoms with E-state index < -0.39 is 0 Å². The van der Waals surface area contributed by atoms with E-state index in [0.717, 1.165) is 27.2 Å². The summed E-state index contributed by atoms with van der Waals surface area (Å²) in [6, 6.07) is 21.1. The van der Waals surface area contributed by atoms with Crippen LogP contribution in [-0.4, -0.2) is 8.97 Å². The number of aromatic nitrogens is 2. The first kappa shape index (κ1) is 19.2. The van der Waals surface area contributed by atoms with Crippen molar-refractivity contribution in [1.82, 2.24) is 8.97 Å². The smallest absolute Gasteiger partial charge is 0.261 e. The maximum absolute atomic E-state index is 13.5. The molecular weight excluding hydrogens is 439 g/mol. The first-order valence-electron chi connectivity index (χ1n) is 9.20. The van der Waals surface area contributed by atoms with Gasteiger partial charge in [0.15, 0.2) is 3.95 Å². The highest BCUT2D eigenvalue weighted by molar-refractivity contribution is 7.73. The highest BCUT2D eigenvalue weighted by Crippen LogP contribution is 2.34. The third-order valence-corrected chi connectivity index (χ3v) is 6.69. The third kappa shape index (κ3) is 3.17. The van der Waals surface area contributed by atoms with Crippen LogP contribution in [0, 0.1) is 9.77 Å². The zero-order chi connectivity index (χ0) is 20.8. The predicted molar refractivity (Wildman–Crippen MR) is 124 cm³/mol. The number of hydrogen-bond donors (Lipinski definition) is 0. The van der Waals surface area contributed by atoms with Crippen LogP contribution in [0.4, 0.5) is 4.39 Å². The second-order valence-corrected chi connectivity index (χ2v) is 8.98. The summed E-state index contributed by atoms with van der Waals surface area (Å²) in [7, 11) is 0. The zero-order valence-electron chi connectivity index (χ0n) is 15.5. The molecule has 0 fully saturated rings. The van der Waals surface area contributed by atoms with E-state index in [9.17, 15) is 9.18 Å². The highest BCUT2D eigenvalue weighted by atomic mass is 35.5. The van der Waals surface area contributed by atoms with Gasteiger partial charge in [0.2, 0.25) is 0 Å². The molecule has 148 valence electrons. The summed E-state index contributed by atoms with van der Waals surface area (Å²) in [6.07, 6.45) is 0. The summed E-state index contributed by atoms with van der Waals surface area (Å²) in [5.74, 6) is -0.311. The number of halogens is 2. The molecule has 0 saturated heterocycles. The van der Waals surface area contributed by atoms with Crippen molar-refractivity contribution in [1.29, 1.82) is 0 Å². The standard InChI is InChI=1S/C23H14ClFN2OS2/c24-16-9-7-15(8-10-16)20-21-26(13-14-5-11-17(25)12-6-14)22(28)18-3-1-2-4-19(18)27(21)23(29)30-20/h1-12H,13H2. The van der Waals surface area contributed by atoms with Crippen LogP contribution in [0.25, 0.3) is 27.0 Å². The summed E-state index contributed by atoms with van der Waals surface area (Å²) >= 11 is 13.2. The summed E-state index contributed by atoms with van der Waals surface area (Å²) in [4.78, 5) is 14.4. The Hall–Kier alpha value is -2.80. The van der Waals surface area contributed by atoms with Crippen molar-refractivity contribution in [3.8, 4) is 10.4 Å². The van der Waals surface area contributed by atoms with Crippen LogP contribution in [0.3, 0.4) is 0 Å². The molecule has 7 heteroatoms. The molecule has 0 saturated carbocycles. The van der Waals surface area contributed by atoms with Gasteiger partial charge in [-0.3, -0.25) is 13.8 Å². The van der Waals surface area contributed by atoms with Crippen molar-refractivity contribution in [2.24, 2.45) is 0 Å². The number of nitrogens with zero attached hydrogens (tertiary/aromatic N) is 2. The van der Waals surface area contributed by atoms with Gasteiger partial charge in [0.25, 0.3) is 5.56 Å². The number of benzene rings is 3. The van der Waals surface area contributed by atoms with Gasteiger partial charge in [-0.1, -0.05) is 48.0 Å². The number of hydrogen-bond acceptors (Lipinski definition) is 3. The Morgan fingerprint density at radius 3 is 2.40 bits per heavy atom. The van der Waals surface area contributed by atoms with Crippen LogP contribution in [0.5, 0.6) is 0 Å². The molecule has 30 heavy (non-hydrogen) atoms. The Bertz CT molecular complexity index is 1520. The lowest BCUT2D eigenvalue weighted by atomic mass is 10.1. The topological polar surface area (TPSA) is 26.4 Å². The summed E-state index contributed by atoms with van der Waals surface area (Å²) in [6.45, 7) is 0.305. The van der Waals surface area contributed by atoms with E-state index >= 15 is 0 Å². The molecule has 2 heterocycles. The van der Waals surface area contributed by atoms with Crippen molar-refractivity contribution >= 4 is 51.7 Å². The summed E-state index contributed by atoms with van der Waals surface area (Å²) in [5.41, 5.74) is 3.14. The molecule has 0 radical (unpaired) electrons. The number of rotatable bonds is 3. The van der Waals surface area contributed by atoms with Gasteiger partial charge in [0.1, 0.15) is 11.5 Å². The van der Waals surface area contributed by atoms with Crippen LogP contribution < -0.4 is 5.56 Å². The quantitative estimate of drug-likeness (QED) is 0.290. The molecule has 5 rings (SSSR count). The summed E-state index contributed by atoms with van der Waals surface area (Å²) < 4.78 is 17.7. The summed E-state index contributed by atoms with van der Waals surface area (Å²) in [5, 5.41) is 1.23. The van der Waals surface area contributed by atoms with E-state index in [1.807, 2.05) is 46.9 Å². The van der Waals surface area contributed by atoms with Crippen molar-refractivity contribution < 1.29 is 4.39 Å². The predicted octanol–water partition coefficient (Wildman–Crippen LogP) is 6.55. The fourth-order valence-electron chi connectivity index (χ4n) is 3.62. The van der Waals surface area contributed by atoms with E-state index in [1.165, 1.54) is 23.5 Å². The monoisotopic (exact) mass is 452 g/mol. The maximum atomic E-state index is 13.5. The largest absolute Gasteiger partial charge is 0.288 e. The van der Waals surface area contributed by atoms with Crippen LogP contribution in [0.1, 0.15) is 5.56 Å². The van der Waals surface area contributed by atoms with E-state index in [4.69, 9.17) is 23.8 Å². The fraction of sp³-hybridized carbons (Fsp3) is 0.0435. The van der Waals surface area contributed by atoms with Gasteiger partial charge in [-0.2, -0.15) is 0 Å². The van der Waals surface area contributed by atoms with Crippen molar-refractivity contribution in [3.63, 3.8) is 0 Å². The first-order valence-corrected chi connectivity index (χ1v) is 10.8. The molecular formula is C23H14ClFN2OS2. The minimum atomic E-state index is -0.311. The molecule has 3 nitrogen and oxygen atoms in total. The molecule has 0 aliphatic carbocycles. The SMILES string of the molecule is O=c1c2ccccc2n2c(=S)sc(-c3ccc(Cl)cc3)c2n1Cc1ccc(F)cc1. The van der Waals surface area contributed by atoms with E-state index in [-0.39, 0.29) is 11.4 Å². The number of para-hydroxylation sites is 1. The average Bonchev–Trinajstić information content (AvgIpc) is 3.10. The maximum Gasteiger partial charge on any atom is 0.261 e. The Morgan fingerprint density at radius 1 is 0.967 bits per heavy atom.